The monoisotopic (exact) mass is 338 g/mol. The maximum atomic E-state index is 12.3. The van der Waals surface area contributed by atoms with Gasteiger partial charge in [-0.2, -0.15) is 5.26 Å². The van der Waals surface area contributed by atoms with Gasteiger partial charge in [0, 0.05) is 13.5 Å². The Hall–Kier alpha value is -2.84. The number of carbonyl (C=O) groups is 1. The molecule has 0 spiro atoms. The van der Waals surface area contributed by atoms with Crippen molar-refractivity contribution in [1.29, 1.82) is 5.26 Å². The van der Waals surface area contributed by atoms with Crippen molar-refractivity contribution < 1.29 is 14.3 Å². The molecule has 2 rings (SSSR count). The van der Waals surface area contributed by atoms with Gasteiger partial charge in [0.25, 0.3) is 5.91 Å². The number of nitriles is 1. The van der Waals surface area contributed by atoms with E-state index in [1.54, 1.807) is 36.4 Å². The topological polar surface area (TPSA) is 85.3 Å². The first-order valence-corrected chi connectivity index (χ1v) is 8.02. The van der Waals surface area contributed by atoms with E-state index >= 15 is 0 Å². The summed E-state index contributed by atoms with van der Waals surface area (Å²) in [5, 5.41) is 8.91. The van der Waals surface area contributed by atoms with Crippen LogP contribution in [-0.2, 0) is 21.6 Å². The number of hydrogen-bond donors (Lipinski definition) is 1. The van der Waals surface area contributed by atoms with Crippen molar-refractivity contribution in [2.45, 2.75) is 32.0 Å². The molecule has 0 saturated carbocycles. The van der Waals surface area contributed by atoms with Crippen LogP contribution in [0, 0.1) is 11.3 Å². The molecule has 0 radical (unpaired) electrons. The molecule has 0 bridgehead atoms. The average molecular weight is 338 g/mol. The number of rotatable bonds is 7. The van der Waals surface area contributed by atoms with E-state index in [1.807, 2.05) is 26.0 Å². The maximum Gasteiger partial charge on any atom is 0.254 e. The van der Waals surface area contributed by atoms with Gasteiger partial charge < -0.3 is 15.2 Å². The first-order valence-electron chi connectivity index (χ1n) is 8.02. The Labute approximate surface area is 148 Å². The summed E-state index contributed by atoms with van der Waals surface area (Å²) in [4.78, 5) is 12.3. The van der Waals surface area contributed by atoms with Gasteiger partial charge >= 0.3 is 0 Å². The summed E-state index contributed by atoms with van der Waals surface area (Å²) in [5.41, 5.74) is 6.42. The Morgan fingerprint density at radius 2 is 1.92 bits per heavy atom. The van der Waals surface area contributed by atoms with E-state index in [4.69, 9.17) is 20.5 Å². The number of nitrogens with zero attached hydrogens (tertiary/aromatic N) is 1. The largest absolute Gasteiger partial charge is 0.491 e. The molecule has 2 N–H and O–H groups in total. The Morgan fingerprint density at radius 1 is 1.24 bits per heavy atom. The first kappa shape index (κ1) is 18.5. The minimum absolute atomic E-state index is 0.0132. The lowest BCUT2D eigenvalue weighted by Crippen LogP contribution is -2.44. The van der Waals surface area contributed by atoms with Crippen molar-refractivity contribution in [2.24, 2.45) is 5.73 Å². The lowest BCUT2D eigenvalue weighted by atomic mass is 9.86. The molecule has 25 heavy (non-hydrogen) atoms. The molecule has 130 valence electrons. The first-order chi connectivity index (χ1) is 11.9. The fourth-order valence-electron chi connectivity index (χ4n) is 2.70. The maximum absolute atomic E-state index is 12.3. The summed E-state index contributed by atoms with van der Waals surface area (Å²) in [6.45, 7) is 3.86. The third-order valence-electron chi connectivity index (χ3n) is 3.95. The Morgan fingerprint density at radius 3 is 2.44 bits per heavy atom. The van der Waals surface area contributed by atoms with E-state index in [0.29, 0.717) is 16.9 Å². The molecular weight excluding hydrogens is 316 g/mol. The number of primary amides is 1. The van der Waals surface area contributed by atoms with Gasteiger partial charge in [-0.15, -0.1) is 0 Å². The molecule has 2 aromatic carbocycles. The van der Waals surface area contributed by atoms with Crippen molar-refractivity contribution >= 4 is 5.91 Å². The van der Waals surface area contributed by atoms with Gasteiger partial charge in [-0.25, -0.2) is 0 Å². The smallest absolute Gasteiger partial charge is 0.254 e. The van der Waals surface area contributed by atoms with Crippen molar-refractivity contribution in [3.05, 3.63) is 65.2 Å². The van der Waals surface area contributed by atoms with Crippen LogP contribution in [0.1, 0.15) is 30.5 Å². The highest BCUT2D eigenvalue weighted by Crippen LogP contribution is 2.32. The molecule has 0 aliphatic rings. The van der Waals surface area contributed by atoms with Crippen LogP contribution in [0.2, 0.25) is 0 Å². The van der Waals surface area contributed by atoms with Crippen molar-refractivity contribution in [1.82, 2.24) is 0 Å². The highest BCUT2D eigenvalue weighted by atomic mass is 16.5. The van der Waals surface area contributed by atoms with Crippen LogP contribution in [-0.4, -0.2) is 19.1 Å². The van der Waals surface area contributed by atoms with Gasteiger partial charge in [-0.3, -0.25) is 4.79 Å². The van der Waals surface area contributed by atoms with Gasteiger partial charge in [-0.05, 0) is 49.2 Å². The molecule has 2 aromatic rings. The Kier molecular flexibility index (Phi) is 5.79. The van der Waals surface area contributed by atoms with Gasteiger partial charge in [-0.1, -0.05) is 24.3 Å². The van der Waals surface area contributed by atoms with Crippen LogP contribution in [0.25, 0.3) is 0 Å². The summed E-state index contributed by atoms with van der Waals surface area (Å²) in [6, 6.07) is 16.3. The zero-order valence-electron chi connectivity index (χ0n) is 14.7. The van der Waals surface area contributed by atoms with Gasteiger partial charge in [0.2, 0.25) is 0 Å². The summed E-state index contributed by atoms with van der Waals surface area (Å²) >= 11 is 0. The van der Waals surface area contributed by atoms with E-state index in [0.717, 1.165) is 5.56 Å². The van der Waals surface area contributed by atoms with Crippen molar-refractivity contribution in [3.63, 3.8) is 0 Å². The Balaban J connectivity index is 2.43. The molecule has 0 fully saturated rings. The molecule has 1 unspecified atom stereocenters. The van der Waals surface area contributed by atoms with E-state index in [2.05, 4.69) is 6.07 Å². The zero-order chi connectivity index (χ0) is 18.4. The average Bonchev–Trinajstić information content (AvgIpc) is 2.59. The predicted molar refractivity (Wildman–Crippen MR) is 94.9 cm³/mol. The SMILES string of the molecule is COC(Cc1ccc(C#N)cc1)(C(N)=O)c1cccc(OC(C)C)c1. The highest BCUT2D eigenvalue weighted by Gasteiger charge is 2.39. The van der Waals surface area contributed by atoms with Crippen molar-refractivity contribution in [2.75, 3.05) is 7.11 Å². The molecular formula is C20H22N2O3. The second-order valence-corrected chi connectivity index (χ2v) is 6.08. The molecule has 0 aliphatic heterocycles. The standard InChI is InChI=1S/C20H22N2O3/c1-14(2)25-18-6-4-5-17(11-18)20(24-3,19(22)23)12-15-7-9-16(13-21)10-8-15/h4-11,14H,12H2,1-3H3,(H2,22,23). The molecule has 1 amide bonds. The third kappa shape index (κ3) is 4.17. The minimum atomic E-state index is -1.31. The van der Waals surface area contributed by atoms with Crippen LogP contribution >= 0.6 is 0 Å². The number of benzene rings is 2. The number of hydrogen-bond acceptors (Lipinski definition) is 4. The van der Waals surface area contributed by atoms with Crippen LogP contribution in [0.15, 0.2) is 48.5 Å². The molecule has 0 aromatic heterocycles. The number of amides is 1. The molecule has 0 aliphatic carbocycles. The Bertz CT molecular complexity index is 778. The summed E-state index contributed by atoms with van der Waals surface area (Å²) < 4.78 is 11.3. The number of carbonyl (C=O) groups excluding carboxylic acids is 1. The second kappa shape index (κ2) is 7.82. The number of ether oxygens (including phenoxy) is 2. The number of methoxy groups -OCH3 is 1. The van der Waals surface area contributed by atoms with Gasteiger partial charge in [0.05, 0.1) is 17.7 Å². The molecule has 5 heteroatoms. The summed E-state index contributed by atoms with van der Waals surface area (Å²) in [5.74, 6) is 0.0658. The van der Waals surface area contributed by atoms with Crippen molar-refractivity contribution in [3.8, 4) is 11.8 Å². The molecule has 5 nitrogen and oxygen atoms in total. The van der Waals surface area contributed by atoms with Crippen LogP contribution in [0.3, 0.4) is 0 Å². The summed E-state index contributed by atoms with van der Waals surface area (Å²) in [7, 11) is 1.46. The van der Waals surface area contributed by atoms with Crippen LogP contribution < -0.4 is 10.5 Å². The van der Waals surface area contributed by atoms with Gasteiger partial charge in [0.15, 0.2) is 5.60 Å². The van der Waals surface area contributed by atoms with Gasteiger partial charge in [0.1, 0.15) is 5.75 Å². The van der Waals surface area contributed by atoms with E-state index < -0.39 is 11.5 Å². The lowest BCUT2D eigenvalue weighted by molar-refractivity contribution is -0.141. The lowest BCUT2D eigenvalue weighted by Gasteiger charge is -2.30. The van der Waals surface area contributed by atoms with Crippen LogP contribution in [0.5, 0.6) is 5.75 Å². The highest BCUT2D eigenvalue weighted by molar-refractivity contribution is 5.85. The fourth-order valence-corrected chi connectivity index (χ4v) is 2.70. The minimum Gasteiger partial charge on any atom is -0.491 e. The zero-order valence-corrected chi connectivity index (χ0v) is 14.7. The second-order valence-electron chi connectivity index (χ2n) is 6.08. The quantitative estimate of drug-likeness (QED) is 0.841. The molecule has 0 saturated heterocycles. The summed E-state index contributed by atoms with van der Waals surface area (Å²) in [6.07, 6.45) is 0.273. The number of nitrogens with two attached hydrogens (primary N) is 1. The fraction of sp³-hybridized carbons (Fsp3) is 0.300. The normalized spacial score (nSPS) is 13.1. The van der Waals surface area contributed by atoms with Crippen LogP contribution in [0.4, 0.5) is 0 Å². The predicted octanol–water partition coefficient (Wildman–Crippen LogP) is 2.92. The van der Waals surface area contributed by atoms with E-state index in [1.165, 1.54) is 7.11 Å². The van der Waals surface area contributed by atoms with E-state index in [-0.39, 0.29) is 12.5 Å². The molecule has 0 heterocycles. The van der Waals surface area contributed by atoms with E-state index in [9.17, 15) is 4.79 Å². The third-order valence-corrected chi connectivity index (χ3v) is 3.95. The molecule has 1 atom stereocenters.